The van der Waals surface area contributed by atoms with E-state index in [1.165, 1.54) is 7.11 Å². The fourth-order valence-electron chi connectivity index (χ4n) is 4.59. The van der Waals surface area contributed by atoms with Crippen LogP contribution in [0.5, 0.6) is 0 Å². The molecule has 0 N–H and O–H groups in total. The third-order valence-corrected chi connectivity index (χ3v) is 6.34. The lowest BCUT2D eigenvalue weighted by atomic mass is 9.68. The van der Waals surface area contributed by atoms with Gasteiger partial charge in [-0.05, 0) is 17.5 Å². The highest BCUT2D eigenvalue weighted by atomic mass is 16.5. The molecule has 0 amide bonds. The van der Waals surface area contributed by atoms with Gasteiger partial charge in [0.15, 0.2) is 0 Å². The van der Waals surface area contributed by atoms with E-state index in [1.54, 1.807) is 23.1 Å². The van der Waals surface area contributed by atoms with Crippen LogP contribution in [0.1, 0.15) is 25.8 Å². The molecule has 0 saturated carbocycles. The third-order valence-electron chi connectivity index (χ3n) is 6.34. The quantitative estimate of drug-likeness (QED) is 0.459. The molecule has 0 radical (unpaired) electrons. The van der Waals surface area contributed by atoms with Crippen LogP contribution in [0.15, 0.2) is 52.8 Å². The van der Waals surface area contributed by atoms with E-state index < -0.39 is 40.6 Å². The monoisotopic (exact) mass is 469 g/mol. The van der Waals surface area contributed by atoms with E-state index in [0.717, 1.165) is 26.9 Å². The maximum atomic E-state index is 13.4. The number of para-hydroxylation sites is 1. The number of anilines is 1. The molecule has 3 rings (SSSR count). The molecule has 0 aromatic heterocycles. The number of methoxy groups -OCH3 is 4. The van der Waals surface area contributed by atoms with Gasteiger partial charge in [-0.3, -0.25) is 0 Å². The Hall–Kier alpha value is -3.88. The molecule has 0 bridgehead atoms. The highest BCUT2D eigenvalue weighted by Gasteiger charge is 2.57. The molecule has 1 aromatic rings. The summed E-state index contributed by atoms with van der Waals surface area (Å²) >= 11 is 0. The number of hydrogen-bond donors (Lipinski definition) is 0. The predicted molar refractivity (Wildman–Crippen MR) is 122 cm³/mol. The van der Waals surface area contributed by atoms with Crippen LogP contribution in [0.2, 0.25) is 0 Å². The summed E-state index contributed by atoms with van der Waals surface area (Å²) in [7, 11) is 4.57. The Bertz CT molecular complexity index is 1150. The zero-order valence-electron chi connectivity index (χ0n) is 20.0. The number of ether oxygens (including phenoxy) is 4. The van der Waals surface area contributed by atoms with Crippen LogP contribution in [0, 0.1) is 5.92 Å². The molecule has 0 aliphatic carbocycles. The van der Waals surface area contributed by atoms with Gasteiger partial charge >= 0.3 is 23.9 Å². The Morgan fingerprint density at radius 2 is 1.41 bits per heavy atom. The molecular formula is C25H27NO8. The Kier molecular flexibility index (Phi) is 6.95. The van der Waals surface area contributed by atoms with Crippen molar-refractivity contribution in [2.75, 3.05) is 33.3 Å². The summed E-state index contributed by atoms with van der Waals surface area (Å²) in [6.45, 7) is 3.79. The Morgan fingerprint density at radius 1 is 0.853 bits per heavy atom. The minimum Gasteiger partial charge on any atom is -0.466 e. The van der Waals surface area contributed by atoms with Crippen molar-refractivity contribution < 1.29 is 38.1 Å². The van der Waals surface area contributed by atoms with Gasteiger partial charge in [0.05, 0.1) is 45.1 Å². The largest absolute Gasteiger partial charge is 0.466 e. The molecule has 9 heteroatoms. The van der Waals surface area contributed by atoms with E-state index in [-0.39, 0.29) is 17.2 Å². The van der Waals surface area contributed by atoms with Crippen LogP contribution in [0.3, 0.4) is 0 Å². The minimum atomic E-state index is -1.37. The van der Waals surface area contributed by atoms with Gasteiger partial charge in [-0.2, -0.15) is 0 Å². The average Bonchev–Trinajstić information content (AvgIpc) is 2.88. The van der Waals surface area contributed by atoms with Crippen molar-refractivity contribution in [3.63, 3.8) is 0 Å². The lowest BCUT2D eigenvalue weighted by Gasteiger charge is -2.52. The zero-order chi connectivity index (χ0) is 25.2. The summed E-state index contributed by atoms with van der Waals surface area (Å²) < 4.78 is 20.1. The van der Waals surface area contributed by atoms with Gasteiger partial charge in [0.1, 0.15) is 11.3 Å². The van der Waals surface area contributed by atoms with Gasteiger partial charge in [-0.15, -0.1) is 0 Å². The van der Waals surface area contributed by atoms with Crippen LogP contribution < -0.4 is 4.90 Å². The minimum absolute atomic E-state index is 0.130. The first-order chi connectivity index (χ1) is 16.2. The van der Waals surface area contributed by atoms with E-state index in [4.69, 9.17) is 18.9 Å². The van der Waals surface area contributed by atoms with Crippen LogP contribution in [0.25, 0.3) is 6.08 Å². The van der Waals surface area contributed by atoms with Crippen molar-refractivity contribution in [2.24, 2.45) is 5.92 Å². The summed E-state index contributed by atoms with van der Waals surface area (Å²) in [4.78, 5) is 54.4. The third kappa shape index (κ3) is 3.48. The van der Waals surface area contributed by atoms with E-state index in [9.17, 15) is 19.2 Å². The molecular weight excluding hydrogens is 442 g/mol. The molecule has 2 heterocycles. The van der Waals surface area contributed by atoms with Crippen LogP contribution in [-0.4, -0.2) is 57.9 Å². The first-order valence-corrected chi connectivity index (χ1v) is 10.7. The fraction of sp³-hybridized carbons (Fsp3) is 0.360. The lowest BCUT2D eigenvalue weighted by molar-refractivity contribution is -0.142. The van der Waals surface area contributed by atoms with Crippen molar-refractivity contribution in [3.05, 3.63) is 58.3 Å². The van der Waals surface area contributed by atoms with Gasteiger partial charge in [-0.1, -0.05) is 50.6 Å². The Balaban J connectivity index is 2.66. The Labute approximate surface area is 197 Å². The van der Waals surface area contributed by atoms with Crippen molar-refractivity contribution >= 4 is 35.6 Å². The van der Waals surface area contributed by atoms with Crippen LogP contribution >= 0.6 is 0 Å². The molecule has 9 nitrogen and oxygen atoms in total. The van der Waals surface area contributed by atoms with Gasteiger partial charge in [0, 0.05) is 5.69 Å². The van der Waals surface area contributed by atoms with Crippen molar-refractivity contribution in [3.8, 4) is 0 Å². The molecule has 1 aromatic carbocycles. The van der Waals surface area contributed by atoms with Crippen molar-refractivity contribution in [1.82, 2.24) is 0 Å². The summed E-state index contributed by atoms with van der Waals surface area (Å²) in [6, 6.07) is 7.18. The summed E-state index contributed by atoms with van der Waals surface area (Å²) in [6.07, 6.45) is 4.10. The van der Waals surface area contributed by atoms with E-state index in [0.29, 0.717) is 12.1 Å². The molecule has 180 valence electrons. The number of nitrogens with zero attached hydrogens (tertiary/aromatic N) is 1. The second-order valence-corrected chi connectivity index (χ2v) is 7.80. The molecule has 0 saturated heterocycles. The first kappa shape index (κ1) is 24.8. The topological polar surface area (TPSA) is 108 Å². The van der Waals surface area contributed by atoms with Crippen molar-refractivity contribution in [1.29, 1.82) is 0 Å². The number of fused-ring (bicyclic) bond motifs is 3. The zero-order valence-corrected chi connectivity index (χ0v) is 20.0. The number of benzene rings is 1. The molecule has 0 fully saturated rings. The first-order valence-electron chi connectivity index (χ1n) is 10.7. The fourth-order valence-corrected chi connectivity index (χ4v) is 4.59. The van der Waals surface area contributed by atoms with Gasteiger partial charge in [0.25, 0.3) is 0 Å². The number of rotatable bonds is 6. The van der Waals surface area contributed by atoms with E-state index in [2.05, 4.69) is 0 Å². The summed E-state index contributed by atoms with van der Waals surface area (Å²) in [5.41, 5.74) is -1.31. The number of hydrogen-bond acceptors (Lipinski definition) is 9. The van der Waals surface area contributed by atoms with Crippen LogP contribution in [-0.2, 0) is 38.1 Å². The van der Waals surface area contributed by atoms with Crippen LogP contribution in [0.4, 0.5) is 5.69 Å². The lowest BCUT2D eigenvalue weighted by Crippen LogP contribution is -2.60. The predicted octanol–water partition coefficient (Wildman–Crippen LogP) is 2.56. The molecule has 2 aliphatic heterocycles. The summed E-state index contributed by atoms with van der Waals surface area (Å²) in [5, 5.41) is 0. The second kappa shape index (κ2) is 9.54. The smallest absolute Gasteiger partial charge is 0.355 e. The van der Waals surface area contributed by atoms with Gasteiger partial charge < -0.3 is 23.8 Å². The van der Waals surface area contributed by atoms with Crippen molar-refractivity contribution in [2.45, 2.75) is 25.8 Å². The van der Waals surface area contributed by atoms with E-state index >= 15 is 0 Å². The number of carbonyl (C=O) groups is 4. The normalized spacial score (nSPS) is 19.6. The number of carbonyl (C=O) groups excluding carboxylic acids is 4. The molecule has 0 spiro atoms. The molecule has 34 heavy (non-hydrogen) atoms. The highest BCUT2D eigenvalue weighted by Crippen LogP contribution is 2.52. The molecule has 2 atom stereocenters. The number of esters is 4. The SMILES string of the molecule is CC[C@@H](C)[C@]12C=Cc3ccccc3N1C(C(=O)OC)=C(C(=O)OC)C(C(=O)OC)=C2C(=O)OC. The maximum absolute atomic E-state index is 13.4. The average molecular weight is 469 g/mol. The highest BCUT2D eigenvalue weighted by molar-refractivity contribution is 6.19. The summed E-state index contributed by atoms with van der Waals surface area (Å²) in [5.74, 6) is -4.07. The molecule has 2 aliphatic rings. The standard InChI is InChI=1S/C25H27NO8/c1-7-14(2)25-13-12-15-10-8-9-11-16(15)26(25)20(24(30)34-6)18(22(28)32-4)17(21(27)31-3)19(25)23(29)33-5/h8-14H,7H2,1-6H3/t14-,25+/m1/s1. The van der Waals surface area contributed by atoms with E-state index in [1.807, 2.05) is 32.1 Å². The van der Waals surface area contributed by atoms with Gasteiger partial charge in [0.2, 0.25) is 0 Å². The maximum Gasteiger partial charge on any atom is 0.355 e. The molecule has 0 unspecified atom stereocenters. The van der Waals surface area contributed by atoms with Gasteiger partial charge in [-0.25, -0.2) is 19.2 Å². The second-order valence-electron chi connectivity index (χ2n) is 7.80. The Morgan fingerprint density at radius 3 is 1.97 bits per heavy atom.